The van der Waals surface area contributed by atoms with E-state index in [0.717, 1.165) is 36.7 Å². The molecule has 4 aromatic heterocycles. The average molecular weight is 871 g/mol. The molecule has 4 bridgehead atoms. The van der Waals surface area contributed by atoms with Crippen LogP contribution in [0.5, 0.6) is 0 Å². The highest BCUT2D eigenvalue weighted by Crippen LogP contribution is 2.47. The third-order valence-corrected chi connectivity index (χ3v) is 12.6. The van der Waals surface area contributed by atoms with E-state index in [4.69, 9.17) is 8.83 Å². The molecule has 9 heterocycles. The van der Waals surface area contributed by atoms with E-state index in [-0.39, 0.29) is 56.9 Å². The van der Waals surface area contributed by atoms with Gasteiger partial charge in [-0.3, -0.25) is 0 Å². The molecule has 0 radical (unpaired) electrons. The van der Waals surface area contributed by atoms with Crippen LogP contribution in [0.25, 0.3) is 43.3 Å². The van der Waals surface area contributed by atoms with Gasteiger partial charge in [0.1, 0.15) is 27.2 Å². The zero-order chi connectivity index (χ0) is 41.5. The first-order chi connectivity index (χ1) is 28.0. The number of nitrogens with zero attached hydrogens (tertiary/aromatic N) is 6. The number of fused-ring (bicyclic) bond motifs is 6. The smallest absolute Gasteiger partial charge is 0.418 e. The predicted octanol–water partition coefficient (Wildman–Crippen LogP) is 7.78. The lowest BCUT2D eigenvalue weighted by molar-refractivity contribution is -0.139. The van der Waals surface area contributed by atoms with Gasteiger partial charge in [-0.1, -0.05) is 0 Å². The van der Waals surface area contributed by atoms with Crippen LogP contribution in [0.2, 0.25) is 0 Å². The van der Waals surface area contributed by atoms with Gasteiger partial charge in [0.25, 0.3) is 18.5 Å². The monoisotopic (exact) mass is 870 g/mol. The van der Waals surface area contributed by atoms with E-state index in [9.17, 15) is 45.3 Å². The molecule has 59 heavy (non-hydrogen) atoms. The Balaban J connectivity index is 0.000000153. The van der Waals surface area contributed by atoms with Crippen LogP contribution in [0.1, 0.15) is 60.6 Å². The highest BCUT2D eigenvalue weighted by Gasteiger charge is 2.44. The number of aromatic nitrogens is 4. The summed E-state index contributed by atoms with van der Waals surface area (Å²) in [6.07, 6.45) is -11.1. The van der Waals surface area contributed by atoms with Crippen molar-refractivity contribution in [2.75, 3.05) is 36.0 Å². The molecular formula is C37H34F8N8O4S2. The molecule has 0 aliphatic carbocycles. The first-order valence-corrected chi connectivity index (χ1v) is 20.3. The van der Waals surface area contributed by atoms with Gasteiger partial charge in [-0.25, -0.2) is 18.7 Å². The van der Waals surface area contributed by atoms with Gasteiger partial charge in [0.2, 0.25) is 0 Å². The van der Waals surface area contributed by atoms with E-state index in [0.29, 0.717) is 48.8 Å². The maximum Gasteiger partial charge on any atom is 0.418 e. The number of halogens is 8. The van der Waals surface area contributed by atoms with Crippen molar-refractivity contribution in [1.82, 2.24) is 30.6 Å². The van der Waals surface area contributed by atoms with Gasteiger partial charge >= 0.3 is 12.4 Å². The van der Waals surface area contributed by atoms with Gasteiger partial charge in [0, 0.05) is 79.1 Å². The Morgan fingerprint density at radius 2 is 1.14 bits per heavy atom. The average Bonchev–Trinajstić information content (AvgIpc) is 4.03. The second kappa shape index (κ2) is 14.9. The Labute approximate surface area is 336 Å². The molecule has 314 valence electrons. The van der Waals surface area contributed by atoms with E-state index in [2.05, 4.69) is 30.6 Å². The first-order valence-electron chi connectivity index (χ1n) is 18.6. The number of hydrogen-bond donors (Lipinski definition) is 4. The summed E-state index contributed by atoms with van der Waals surface area (Å²) in [6.45, 7) is 3.63. The van der Waals surface area contributed by atoms with Crippen molar-refractivity contribution in [1.29, 1.82) is 0 Å². The van der Waals surface area contributed by atoms with Crippen LogP contribution >= 0.6 is 22.7 Å². The summed E-state index contributed by atoms with van der Waals surface area (Å²) in [7, 11) is 0. The molecule has 2 aromatic carbocycles. The lowest BCUT2D eigenvalue weighted by Crippen LogP contribution is -2.67. The maximum absolute atomic E-state index is 14.0. The molecule has 12 nitrogen and oxygen atoms in total. The highest BCUT2D eigenvalue weighted by atomic mass is 32.1. The Bertz CT molecular complexity index is 2450. The van der Waals surface area contributed by atoms with E-state index < -0.39 is 53.2 Å². The fourth-order valence-corrected chi connectivity index (χ4v) is 9.70. The minimum absolute atomic E-state index is 0.000364. The van der Waals surface area contributed by atoms with Gasteiger partial charge in [-0.05, 0) is 43.9 Å². The zero-order valence-electron chi connectivity index (χ0n) is 30.7. The van der Waals surface area contributed by atoms with E-state index in [1.54, 1.807) is 21.9 Å². The molecule has 6 aromatic rings. The van der Waals surface area contributed by atoms with Crippen molar-refractivity contribution in [3.8, 4) is 21.1 Å². The van der Waals surface area contributed by atoms with E-state index in [1.807, 2.05) is 4.90 Å². The van der Waals surface area contributed by atoms with Gasteiger partial charge in [-0.2, -0.15) is 36.3 Å². The van der Waals surface area contributed by atoms with E-state index >= 15 is 0 Å². The molecule has 5 aliphatic rings. The van der Waals surface area contributed by atoms with E-state index in [1.165, 1.54) is 30.5 Å². The third-order valence-electron chi connectivity index (χ3n) is 11.0. The molecule has 0 amide bonds. The number of anilines is 2. The Kier molecular flexibility index (Phi) is 10.1. The minimum atomic E-state index is -5.03. The summed E-state index contributed by atoms with van der Waals surface area (Å²) >= 11 is 2.41. The lowest BCUT2D eigenvalue weighted by atomic mass is 9.92. The van der Waals surface area contributed by atoms with Crippen molar-refractivity contribution >= 4 is 56.9 Å². The number of rotatable bonds is 7. The number of piperidine rings is 1. The van der Waals surface area contributed by atoms with Crippen molar-refractivity contribution in [3.63, 3.8) is 0 Å². The molecule has 11 rings (SSSR count). The number of aliphatic hydroxyl groups is 2. The maximum atomic E-state index is 14.0. The number of alkyl halides is 8. The molecule has 6 atom stereocenters. The summed E-state index contributed by atoms with van der Waals surface area (Å²) in [6, 6.07) is 3.37. The fourth-order valence-electron chi connectivity index (χ4n) is 8.40. The standard InChI is InChI=1S/C19H17F5N4O2S.C18H17F3N4O2S/c20-16(21)14(29)10-5-11(17-25-3-4-31-17)15-13(12(10)19(22,23)24)27-18(30-15)28-6-8-1-2-9(7-28)26-8;1-8(26)11-5-12(16-22-2-3-28-16)15-14(13(11)18(19,20)21)24-17(27-15)25-6-9-4-10(7-25)23-9/h3-5,8-9,14,16,26,29H,1-2,6-7H2;2-3,5,8-10,23,26H,4,6-7H2,1H3. The third kappa shape index (κ3) is 7.40. The summed E-state index contributed by atoms with van der Waals surface area (Å²) in [5.41, 5.74) is -4.06. The normalized spacial score (nSPS) is 22.8. The van der Waals surface area contributed by atoms with Crippen molar-refractivity contribution in [2.45, 2.75) is 81.3 Å². The molecule has 0 spiro atoms. The number of nitrogens with one attached hydrogen (secondary N) is 2. The first kappa shape index (κ1) is 40.0. The molecule has 5 saturated heterocycles. The zero-order valence-corrected chi connectivity index (χ0v) is 32.3. The van der Waals surface area contributed by atoms with Gasteiger partial charge < -0.3 is 39.5 Å². The van der Waals surface area contributed by atoms with Crippen LogP contribution in [0.15, 0.2) is 44.1 Å². The van der Waals surface area contributed by atoms with Crippen LogP contribution in [-0.2, 0) is 12.4 Å². The van der Waals surface area contributed by atoms with Crippen LogP contribution < -0.4 is 20.4 Å². The topological polar surface area (TPSA) is 149 Å². The van der Waals surface area contributed by atoms with Gasteiger partial charge in [0.15, 0.2) is 11.2 Å². The Morgan fingerprint density at radius 3 is 1.54 bits per heavy atom. The van der Waals surface area contributed by atoms with Crippen molar-refractivity contribution in [3.05, 3.63) is 57.5 Å². The summed E-state index contributed by atoms with van der Waals surface area (Å²) < 4.78 is 122. The molecule has 0 saturated carbocycles. The highest BCUT2D eigenvalue weighted by molar-refractivity contribution is 7.13. The van der Waals surface area contributed by atoms with Gasteiger partial charge in [0.05, 0.1) is 28.4 Å². The fraction of sp³-hybridized carbons (Fsp3) is 0.459. The largest absolute Gasteiger partial charge is 0.423 e. The van der Waals surface area contributed by atoms with Crippen molar-refractivity contribution < 1.29 is 54.2 Å². The lowest BCUT2D eigenvalue weighted by Gasteiger charge is -2.47. The van der Waals surface area contributed by atoms with Crippen molar-refractivity contribution in [2.24, 2.45) is 0 Å². The molecule has 6 unspecified atom stereocenters. The predicted molar refractivity (Wildman–Crippen MR) is 202 cm³/mol. The SMILES string of the molecule is CC(O)c1cc(-c2nccs2)c2oc(N3CC4CC(C3)N4)nc2c1C(F)(F)F.OC(c1cc(-c2nccs2)c2oc(N3CC4CCC(C3)N4)nc2c1C(F)(F)F)C(F)F. The minimum Gasteiger partial charge on any atom is -0.423 e. The number of piperazine rings is 2. The molecular weight excluding hydrogens is 837 g/mol. The second-order valence-corrected chi connectivity index (χ2v) is 16.8. The summed E-state index contributed by atoms with van der Waals surface area (Å²) in [4.78, 5) is 20.3. The quantitative estimate of drug-likeness (QED) is 0.116. The van der Waals surface area contributed by atoms with Crippen LogP contribution in [-0.4, -0.2) is 86.9 Å². The number of oxazole rings is 2. The molecule has 5 fully saturated rings. The van der Waals surface area contributed by atoms with Crippen LogP contribution in [0, 0.1) is 0 Å². The number of thiazole rings is 2. The number of aliphatic hydroxyl groups excluding tert-OH is 2. The van der Waals surface area contributed by atoms with Crippen LogP contribution in [0.3, 0.4) is 0 Å². The Morgan fingerprint density at radius 1 is 0.712 bits per heavy atom. The summed E-state index contributed by atoms with van der Waals surface area (Å²) in [5.74, 6) is 0. The number of hydrogen-bond acceptors (Lipinski definition) is 14. The summed E-state index contributed by atoms with van der Waals surface area (Å²) in [5, 5.41) is 30.9. The number of benzene rings is 2. The second-order valence-electron chi connectivity index (χ2n) is 15.0. The molecule has 5 aliphatic heterocycles. The molecule has 22 heteroatoms. The molecule has 4 N–H and O–H groups in total. The van der Waals surface area contributed by atoms with Gasteiger partial charge in [-0.15, -0.1) is 22.7 Å². The van der Waals surface area contributed by atoms with Crippen LogP contribution in [0.4, 0.5) is 47.2 Å². The Hall–Kier alpha value is -4.48.